The van der Waals surface area contributed by atoms with Crippen molar-refractivity contribution in [1.82, 2.24) is 4.98 Å². The quantitative estimate of drug-likeness (QED) is 0.502. The van der Waals surface area contributed by atoms with Crippen LogP contribution in [0, 0.1) is 0 Å². The van der Waals surface area contributed by atoms with Gasteiger partial charge in [0.15, 0.2) is 6.61 Å². The fourth-order valence-electron chi connectivity index (χ4n) is 2.75. The second kappa shape index (κ2) is 7.97. The van der Waals surface area contributed by atoms with E-state index in [0.717, 1.165) is 16.5 Å². The zero-order valence-corrected chi connectivity index (χ0v) is 14.9. The van der Waals surface area contributed by atoms with Gasteiger partial charge in [0.25, 0.3) is 5.91 Å². The van der Waals surface area contributed by atoms with Crippen molar-refractivity contribution in [1.29, 1.82) is 0 Å². The van der Waals surface area contributed by atoms with Crippen LogP contribution in [0.25, 0.3) is 10.8 Å². The molecule has 132 valence electrons. The summed E-state index contributed by atoms with van der Waals surface area (Å²) < 4.78 is 5.13. The summed E-state index contributed by atoms with van der Waals surface area (Å²) in [7, 11) is 0. The van der Waals surface area contributed by atoms with E-state index < -0.39 is 5.97 Å². The normalized spacial score (nSPS) is 10.5. The van der Waals surface area contributed by atoms with E-state index in [1.165, 1.54) is 12.3 Å². The summed E-state index contributed by atoms with van der Waals surface area (Å²) in [5.41, 5.74) is 0.918. The highest BCUT2D eigenvalue weighted by Crippen LogP contribution is 2.26. The Morgan fingerprint density at radius 1 is 1.08 bits per heavy atom. The molecule has 0 spiro atoms. The molecular weight excluding hydrogens is 352 g/mol. The summed E-state index contributed by atoms with van der Waals surface area (Å²) >= 11 is 5.88. The topological polar surface area (TPSA) is 59.5 Å². The van der Waals surface area contributed by atoms with Gasteiger partial charge in [0.1, 0.15) is 5.15 Å². The second-order valence-corrected chi connectivity index (χ2v) is 5.91. The Hall–Kier alpha value is -2.92. The fraction of sp³-hybridized carbons (Fsp3) is 0.150. The molecule has 5 nitrogen and oxygen atoms in total. The minimum absolute atomic E-state index is 0.0475. The number of halogens is 1. The molecule has 6 heteroatoms. The molecule has 1 heterocycles. The predicted molar refractivity (Wildman–Crippen MR) is 102 cm³/mol. The van der Waals surface area contributed by atoms with E-state index in [2.05, 4.69) is 4.98 Å². The molecule has 0 fully saturated rings. The van der Waals surface area contributed by atoms with Gasteiger partial charge in [0.05, 0.1) is 11.3 Å². The van der Waals surface area contributed by atoms with E-state index in [9.17, 15) is 9.59 Å². The molecule has 1 aromatic heterocycles. The van der Waals surface area contributed by atoms with Crippen molar-refractivity contribution in [3.8, 4) is 0 Å². The third kappa shape index (κ3) is 3.68. The summed E-state index contributed by atoms with van der Waals surface area (Å²) in [6.07, 6.45) is 1.48. The molecule has 0 N–H and O–H groups in total. The minimum Gasteiger partial charge on any atom is -0.452 e. The van der Waals surface area contributed by atoms with Crippen LogP contribution in [0.3, 0.4) is 0 Å². The van der Waals surface area contributed by atoms with Crippen LogP contribution < -0.4 is 4.90 Å². The van der Waals surface area contributed by atoms with E-state index in [-0.39, 0.29) is 23.2 Å². The average molecular weight is 369 g/mol. The number of carbonyl (C=O) groups is 2. The maximum absolute atomic E-state index is 12.6. The molecule has 0 aliphatic rings. The van der Waals surface area contributed by atoms with Gasteiger partial charge in [-0.25, -0.2) is 9.78 Å². The molecule has 0 atom stereocenters. The average Bonchev–Trinajstić information content (AvgIpc) is 2.67. The lowest BCUT2D eigenvalue weighted by molar-refractivity contribution is -0.121. The monoisotopic (exact) mass is 368 g/mol. The smallest absolute Gasteiger partial charge is 0.341 e. The highest BCUT2D eigenvalue weighted by Gasteiger charge is 2.19. The Balaban J connectivity index is 1.77. The standard InChI is InChI=1S/C20H17ClN2O3/c1-2-23(17-11-5-8-14-7-3-4-9-15(14)17)18(24)13-26-20(25)16-10-6-12-22-19(16)21/h3-12H,2,13H2,1H3. The number of benzene rings is 2. The van der Waals surface area contributed by atoms with E-state index in [1.807, 2.05) is 49.4 Å². The van der Waals surface area contributed by atoms with Crippen molar-refractivity contribution in [2.75, 3.05) is 18.1 Å². The highest BCUT2D eigenvalue weighted by atomic mass is 35.5. The first-order valence-corrected chi connectivity index (χ1v) is 8.55. The molecule has 0 unspecified atom stereocenters. The highest BCUT2D eigenvalue weighted by molar-refractivity contribution is 6.32. The van der Waals surface area contributed by atoms with Gasteiger partial charge >= 0.3 is 5.97 Å². The Morgan fingerprint density at radius 2 is 1.85 bits per heavy atom. The van der Waals surface area contributed by atoms with Crippen LogP contribution >= 0.6 is 11.6 Å². The van der Waals surface area contributed by atoms with Crippen molar-refractivity contribution in [2.24, 2.45) is 0 Å². The van der Waals surface area contributed by atoms with Crippen LogP contribution in [0.4, 0.5) is 5.69 Å². The first kappa shape index (κ1) is 17.9. The number of pyridine rings is 1. The van der Waals surface area contributed by atoms with Crippen LogP contribution in [0.5, 0.6) is 0 Å². The largest absolute Gasteiger partial charge is 0.452 e. The number of aromatic nitrogens is 1. The zero-order valence-electron chi connectivity index (χ0n) is 14.2. The third-order valence-corrected chi connectivity index (χ3v) is 4.28. The van der Waals surface area contributed by atoms with Gasteiger partial charge in [0, 0.05) is 18.1 Å². The summed E-state index contributed by atoms with van der Waals surface area (Å²) in [5.74, 6) is -0.984. The predicted octanol–water partition coefficient (Wildman–Crippen LogP) is 4.10. The van der Waals surface area contributed by atoms with Crippen LogP contribution in [0.1, 0.15) is 17.3 Å². The molecule has 0 aliphatic heterocycles. The first-order valence-electron chi connectivity index (χ1n) is 8.17. The molecule has 0 aliphatic carbocycles. The van der Waals surface area contributed by atoms with Gasteiger partial charge in [-0.1, -0.05) is 48.0 Å². The first-order chi connectivity index (χ1) is 12.6. The molecule has 26 heavy (non-hydrogen) atoms. The molecule has 0 saturated heterocycles. The molecular formula is C20H17ClN2O3. The van der Waals surface area contributed by atoms with Gasteiger partial charge < -0.3 is 9.64 Å². The zero-order chi connectivity index (χ0) is 18.5. The van der Waals surface area contributed by atoms with Crippen molar-refractivity contribution in [3.05, 3.63) is 71.5 Å². The lowest BCUT2D eigenvalue weighted by Gasteiger charge is -2.22. The SMILES string of the molecule is CCN(C(=O)COC(=O)c1cccnc1Cl)c1cccc2ccccc12. The molecule has 1 amide bonds. The molecule has 3 rings (SSSR count). The lowest BCUT2D eigenvalue weighted by atomic mass is 10.1. The number of esters is 1. The molecule has 0 saturated carbocycles. The number of nitrogens with zero attached hydrogens (tertiary/aromatic N) is 2. The Morgan fingerprint density at radius 3 is 2.62 bits per heavy atom. The van der Waals surface area contributed by atoms with Crippen molar-refractivity contribution in [3.63, 3.8) is 0 Å². The summed E-state index contributed by atoms with van der Waals surface area (Å²) in [6, 6.07) is 16.7. The number of hydrogen-bond donors (Lipinski definition) is 0. The Bertz CT molecular complexity index is 953. The summed E-state index contributed by atoms with van der Waals surface area (Å²) in [6.45, 7) is 1.96. The number of ether oxygens (including phenoxy) is 1. The molecule has 0 bridgehead atoms. The number of fused-ring (bicyclic) bond motifs is 1. The molecule has 3 aromatic rings. The maximum atomic E-state index is 12.6. The number of anilines is 1. The Labute approximate surface area is 156 Å². The van der Waals surface area contributed by atoms with Gasteiger partial charge in [0.2, 0.25) is 0 Å². The number of amides is 1. The van der Waals surface area contributed by atoms with E-state index in [0.29, 0.717) is 6.54 Å². The van der Waals surface area contributed by atoms with E-state index in [1.54, 1.807) is 11.0 Å². The fourth-order valence-corrected chi connectivity index (χ4v) is 2.94. The number of carbonyl (C=O) groups excluding carboxylic acids is 2. The summed E-state index contributed by atoms with van der Waals surface area (Å²) in [5, 5.41) is 2.05. The van der Waals surface area contributed by atoms with Gasteiger partial charge in [-0.15, -0.1) is 0 Å². The van der Waals surface area contributed by atoms with Crippen LogP contribution in [-0.4, -0.2) is 30.0 Å². The van der Waals surface area contributed by atoms with Gasteiger partial charge in [-0.3, -0.25) is 4.79 Å². The van der Waals surface area contributed by atoms with Crippen LogP contribution in [-0.2, 0) is 9.53 Å². The number of rotatable bonds is 5. The molecule has 2 aromatic carbocycles. The minimum atomic E-state index is -0.676. The number of likely N-dealkylation sites (N-methyl/N-ethyl adjacent to an activating group) is 1. The van der Waals surface area contributed by atoms with Crippen molar-refractivity contribution in [2.45, 2.75) is 6.92 Å². The third-order valence-electron chi connectivity index (χ3n) is 3.98. The number of hydrogen-bond acceptors (Lipinski definition) is 4. The molecule has 0 radical (unpaired) electrons. The summed E-state index contributed by atoms with van der Waals surface area (Å²) in [4.78, 5) is 30.2. The van der Waals surface area contributed by atoms with Crippen LogP contribution in [0.2, 0.25) is 5.15 Å². The van der Waals surface area contributed by atoms with Crippen molar-refractivity contribution >= 4 is 39.9 Å². The van der Waals surface area contributed by atoms with E-state index in [4.69, 9.17) is 16.3 Å². The lowest BCUT2D eigenvalue weighted by Crippen LogP contribution is -2.34. The second-order valence-electron chi connectivity index (χ2n) is 5.55. The Kier molecular flexibility index (Phi) is 5.49. The van der Waals surface area contributed by atoms with Gasteiger partial charge in [-0.2, -0.15) is 0 Å². The van der Waals surface area contributed by atoms with E-state index >= 15 is 0 Å². The maximum Gasteiger partial charge on any atom is 0.341 e. The van der Waals surface area contributed by atoms with Crippen LogP contribution in [0.15, 0.2) is 60.8 Å². The van der Waals surface area contributed by atoms with Gasteiger partial charge in [-0.05, 0) is 30.5 Å². The van der Waals surface area contributed by atoms with Crippen molar-refractivity contribution < 1.29 is 14.3 Å².